The van der Waals surface area contributed by atoms with Crippen LogP contribution in [0.15, 0.2) is 30.5 Å². The Kier molecular flexibility index (Phi) is 6.05. The van der Waals surface area contributed by atoms with Gasteiger partial charge in [-0.05, 0) is 44.0 Å². The van der Waals surface area contributed by atoms with Crippen molar-refractivity contribution in [3.8, 4) is 5.75 Å². The van der Waals surface area contributed by atoms with Gasteiger partial charge in [-0.2, -0.15) is 13.2 Å². The number of fused-ring (bicyclic) bond motifs is 1. The summed E-state index contributed by atoms with van der Waals surface area (Å²) in [6, 6.07) is 4.94. The molecule has 0 radical (unpaired) electrons. The molecule has 2 atom stereocenters. The zero-order valence-electron chi connectivity index (χ0n) is 17.2. The third-order valence-corrected chi connectivity index (χ3v) is 6.06. The van der Waals surface area contributed by atoms with Crippen LogP contribution in [0.5, 0.6) is 5.75 Å². The molecule has 0 aliphatic carbocycles. The molecule has 168 valence electrons. The van der Waals surface area contributed by atoms with Gasteiger partial charge < -0.3 is 9.64 Å². The van der Waals surface area contributed by atoms with Crippen LogP contribution >= 0.6 is 0 Å². The number of carbonyl (C=O) groups is 1. The van der Waals surface area contributed by atoms with Crippen LogP contribution in [0.4, 0.5) is 17.6 Å². The lowest BCUT2D eigenvalue weighted by molar-refractivity contribution is -0.137. The van der Waals surface area contributed by atoms with Crippen molar-refractivity contribution in [2.24, 2.45) is 0 Å². The van der Waals surface area contributed by atoms with E-state index >= 15 is 0 Å². The number of hydrogen-bond donors (Lipinski definition) is 0. The second-order valence-electron chi connectivity index (χ2n) is 8.36. The molecule has 2 aliphatic rings. The molecule has 2 aromatic rings. The Morgan fingerprint density at radius 1 is 1.23 bits per heavy atom. The third kappa shape index (κ3) is 4.92. The van der Waals surface area contributed by atoms with Gasteiger partial charge in [0.15, 0.2) is 0 Å². The Bertz CT molecular complexity index is 944. The third-order valence-electron chi connectivity index (χ3n) is 6.06. The number of ether oxygens (including phenoxy) is 1. The fourth-order valence-corrected chi connectivity index (χ4v) is 4.36. The molecule has 0 bridgehead atoms. The number of amides is 1. The average Bonchev–Trinajstić information content (AvgIpc) is 3.07. The van der Waals surface area contributed by atoms with Crippen LogP contribution in [0.2, 0.25) is 0 Å². The molecule has 0 N–H and O–H groups in total. The Morgan fingerprint density at radius 3 is 2.61 bits per heavy atom. The SMILES string of the molecule is C[C@@H]1C[C@H](F)CN1C(=O)CN1CCC(Oc2ccnc3ccc(C(F)(F)F)cc23)CC1. The molecule has 1 aromatic heterocycles. The molecule has 3 heterocycles. The topological polar surface area (TPSA) is 45.7 Å². The van der Waals surface area contributed by atoms with E-state index in [0.29, 0.717) is 49.0 Å². The van der Waals surface area contributed by atoms with Crippen LogP contribution in [-0.2, 0) is 11.0 Å². The van der Waals surface area contributed by atoms with Crippen molar-refractivity contribution in [3.63, 3.8) is 0 Å². The van der Waals surface area contributed by atoms with Crippen LogP contribution in [0.1, 0.15) is 31.7 Å². The monoisotopic (exact) mass is 439 g/mol. The maximum Gasteiger partial charge on any atom is 0.416 e. The van der Waals surface area contributed by atoms with E-state index in [1.165, 1.54) is 12.3 Å². The highest BCUT2D eigenvalue weighted by Gasteiger charge is 2.34. The first-order valence-corrected chi connectivity index (χ1v) is 10.5. The number of likely N-dealkylation sites (tertiary alicyclic amines) is 2. The zero-order chi connectivity index (χ0) is 22.2. The maximum atomic E-state index is 13.5. The summed E-state index contributed by atoms with van der Waals surface area (Å²) >= 11 is 0. The minimum atomic E-state index is -4.44. The number of carbonyl (C=O) groups excluding carboxylic acids is 1. The molecular weight excluding hydrogens is 414 g/mol. The van der Waals surface area contributed by atoms with Crippen LogP contribution in [-0.4, -0.2) is 65.2 Å². The molecule has 31 heavy (non-hydrogen) atoms. The number of benzene rings is 1. The summed E-state index contributed by atoms with van der Waals surface area (Å²) < 4.78 is 58.9. The first-order chi connectivity index (χ1) is 14.7. The predicted molar refractivity (Wildman–Crippen MR) is 108 cm³/mol. The van der Waals surface area contributed by atoms with Gasteiger partial charge in [0.25, 0.3) is 0 Å². The van der Waals surface area contributed by atoms with E-state index in [4.69, 9.17) is 4.74 Å². The highest BCUT2D eigenvalue weighted by molar-refractivity contribution is 5.85. The van der Waals surface area contributed by atoms with Crippen molar-refractivity contribution >= 4 is 16.8 Å². The number of halogens is 4. The molecule has 1 amide bonds. The lowest BCUT2D eigenvalue weighted by Gasteiger charge is -2.33. The molecule has 0 unspecified atom stereocenters. The zero-order valence-corrected chi connectivity index (χ0v) is 17.2. The fraction of sp³-hybridized carbons (Fsp3) is 0.545. The number of rotatable bonds is 4. The van der Waals surface area contributed by atoms with Crippen molar-refractivity contribution in [3.05, 3.63) is 36.0 Å². The fourth-order valence-electron chi connectivity index (χ4n) is 4.36. The van der Waals surface area contributed by atoms with E-state index in [2.05, 4.69) is 4.98 Å². The minimum Gasteiger partial charge on any atom is -0.490 e. The summed E-state index contributed by atoms with van der Waals surface area (Å²) in [5.74, 6) is 0.317. The largest absolute Gasteiger partial charge is 0.490 e. The van der Waals surface area contributed by atoms with Crippen LogP contribution in [0.25, 0.3) is 10.9 Å². The summed E-state index contributed by atoms with van der Waals surface area (Å²) in [7, 11) is 0. The Hall–Kier alpha value is -2.42. The highest BCUT2D eigenvalue weighted by Crippen LogP contribution is 2.34. The van der Waals surface area contributed by atoms with E-state index in [9.17, 15) is 22.4 Å². The van der Waals surface area contributed by atoms with Crippen molar-refractivity contribution in [1.82, 2.24) is 14.8 Å². The summed E-state index contributed by atoms with van der Waals surface area (Å²) in [5, 5.41) is 0.332. The summed E-state index contributed by atoms with van der Waals surface area (Å²) in [5.41, 5.74) is -0.294. The van der Waals surface area contributed by atoms with E-state index in [-0.39, 0.29) is 31.1 Å². The van der Waals surface area contributed by atoms with Gasteiger partial charge in [0, 0.05) is 37.1 Å². The smallest absolute Gasteiger partial charge is 0.416 e. The number of piperidine rings is 1. The standard InChI is InChI=1S/C22H25F4N3O2/c1-14-10-16(23)12-29(14)21(30)13-28-8-5-17(6-9-28)31-20-4-7-27-19-3-2-15(11-18(19)20)22(24,25)26/h2-4,7,11,14,16-17H,5-6,8-10,12-13H2,1H3/t14-,16+/m1/s1. The average molecular weight is 439 g/mol. The molecule has 1 aromatic carbocycles. The molecule has 0 spiro atoms. The van der Waals surface area contributed by atoms with Crippen molar-refractivity contribution < 1.29 is 27.1 Å². The molecule has 9 heteroatoms. The minimum absolute atomic E-state index is 0.0631. The van der Waals surface area contributed by atoms with Gasteiger partial charge >= 0.3 is 6.18 Å². The lowest BCUT2D eigenvalue weighted by Crippen LogP contribution is -2.46. The Labute approximate surface area is 178 Å². The molecule has 2 aliphatic heterocycles. The number of nitrogens with zero attached hydrogens (tertiary/aromatic N) is 3. The van der Waals surface area contributed by atoms with Crippen LogP contribution in [0.3, 0.4) is 0 Å². The first kappa shape index (κ1) is 21.8. The van der Waals surface area contributed by atoms with Crippen LogP contribution < -0.4 is 4.74 Å². The van der Waals surface area contributed by atoms with Crippen molar-refractivity contribution in [1.29, 1.82) is 0 Å². The molecule has 5 nitrogen and oxygen atoms in total. The molecular formula is C22H25F4N3O2. The van der Waals surface area contributed by atoms with Crippen molar-refractivity contribution in [2.75, 3.05) is 26.2 Å². The van der Waals surface area contributed by atoms with E-state index < -0.39 is 17.9 Å². The Balaban J connectivity index is 1.37. The lowest BCUT2D eigenvalue weighted by atomic mass is 10.1. The first-order valence-electron chi connectivity index (χ1n) is 10.5. The van der Waals surface area contributed by atoms with Gasteiger partial charge in [-0.25, -0.2) is 4.39 Å². The van der Waals surface area contributed by atoms with Gasteiger partial charge in [-0.15, -0.1) is 0 Å². The predicted octanol–water partition coefficient (Wildman–Crippen LogP) is 4.06. The second-order valence-corrected chi connectivity index (χ2v) is 8.36. The molecule has 2 saturated heterocycles. The quantitative estimate of drug-likeness (QED) is 0.675. The Morgan fingerprint density at radius 2 is 1.97 bits per heavy atom. The second kappa shape index (κ2) is 8.61. The van der Waals surface area contributed by atoms with E-state index in [1.54, 1.807) is 11.0 Å². The van der Waals surface area contributed by atoms with Gasteiger partial charge in [0.05, 0.1) is 24.2 Å². The number of aromatic nitrogens is 1. The van der Waals surface area contributed by atoms with Crippen molar-refractivity contribution in [2.45, 2.75) is 50.7 Å². The molecule has 2 fully saturated rings. The van der Waals surface area contributed by atoms with Gasteiger partial charge in [0.1, 0.15) is 18.0 Å². The number of hydrogen-bond acceptors (Lipinski definition) is 4. The van der Waals surface area contributed by atoms with Gasteiger partial charge in [0.2, 0.25) is 5.91 Å². The summed E-state index contributed by atoms with van der Waals surface area (Å²) in [6.07, 6.45) is -2.34. The highest BCUT2D eigenvalue weighted by atomic mass is 19.4. The molecule has 0 saturated carbocycles. The number of alkyl halides is 4. The van der Waals surface area contributed by atoms with E-state index in [0.717, 1.165) is 12.1 Å². The molecule has 4 rings (SSSR count). The summed E-state index contributed by atoms with van der Waals surface area (Å²) in [4.78, 5) is 20.2. The van der Waals surface area contributed by atoms with Gasteiger partial charge in [-0.1, -0.05) is 0 Å². The van der Waals surface area contributed by atoms with Crippen LogP contribution in [0, 0.1) is 0 Å². The van der Waals surface area contributed by atoms with E-state index in [1.807, 2.05) is 11.8 Å². The maximum absolute atomic E-state index is 13.5. The normalized spacial score (nSPS) is 23.5. The van der Waals surface area contributed by atoms with Gasteiger partial charge in [-0.3, -0.25) is 14.7 Å². The summed E-state index contributed by atoms with van der Waals surface area (Å²) in [6.45, 7) is 3.54. The number of pyridine rings is 1.